The van der Waals surface area contributed by atoms with Gasteiger partial charge < -0.3 is 5.32 Å². The topological polar surface area (TPSA) is 29.1 Å². The molecule has 0 aliphatic rings. The minimum Gasteiger partial charge on any atom is -0.356 e. The average molecular weight is 347 g/mol. The van der Waals surface area contributed by atoms with Gasteiger partial charge in [0.15, 0.2) is 0 Å². The van der Waals surface area contributed by atoms with E-state index < -0.39 is 0 Å². The molecule has 1 atom stereocenters. The summed E-state index contributed by atoms with van der Waals surface area (Å²) in [5, 5.41) is 4.68. The Bertz CT molecular complexity index is 391. The van der Waals surface area contributed by atoms with Crippen LogP contribution in [-0.2, 0) is 11.2 Å². The van der Waals surface area contributed by atoms with Crippen LogP contribution in [0.15, 0.2) is 24.3 Å². The molecule has 0 radical (unpaired) electrons. The summed E-state index contributed by atoms with van der Waals surface area (Å²) in [4.78, 5) is 11.9. The van der Waals surface area contributed by atoms with Crippen LogP contribution >= 0.6 is 27.5 Å². The standard InChI is InChI=1S/C15H21BrClNO/c1-2-4-12(7-8-16)11-18-15(19)10-13-5-3-6-14(17)9-13/h3,5-6,9,12H,2,4,7-8,10-11H2,1H3,(H,18,19). The summed E-state index contributed by atoms with van der Waals surface area (Å²) in [5.41, 5.74) is 0.956. The predicted molar refractivity (Wildman–Crippen MR) is 85.0 cm³/mol. The fraction of sp³-hybridized carbons (Fsp3) is 0.533. The lowest BCUT2D eigenvalue weighted by Gasteiger charge is -2.15. The van der Waals surface area contributed by atoms with E-state index in [0.29, 0.717) is 17.4 Å². The van der Waals surface area contributed by atoms with Crippen molar-refractivity contribution < 1.29 is 4.79 Å². The molecule has 1 N–H and O–H groups in total. The number of benzene rings is 1. The number of hydrogen-bond acceptors (Lipinski definition) is 1. The van der Waals surface area contributed by atoms with Gasteiger partial charge in [0.05, 0.1) is 6.42 Å². The Kier molecular flexibility index (Phi) is 8.15. The van der Waals surface area contributed by atoms with Gasteiger partial charge in [0.2, 0.25) is 5.91 Å². The van der Waals surface area contributed by atoms with Crippen LogP contribution < -0.4 is 5.32 Å². The molecule has 1 amide bonds. The van der Waals surface area contributed by atoms with Gasteiger partial charge >= 0.3 is 0 Å². The zero-order valence-electron chi connectivity index (χ0n) is 11.3. The first-order valence-electron chi connectivity index (χ1n) is 6.72. The van der Waals surface area contributed by atoms with Gasteiger partial charge in [0, 0.05) is 16.9 Å². The highest BCUT2D eigenvalue weighted by Gasteiger charge is 2.09. The molecule has 0 bridgehead atoms. The number of carbonyl (C=O) groups excluding carboxylic acids is 1. The van der Waals surface area contributed by atoms with E-state index in [1.165, 1.54) is 0 Å². The van der Waals surface area contributed by atoms with Crippen LogP contribution in [0.25, 0.3) is 0 Å². The van der Waals surface area contributed by atoms with Crippen LogP contribution in [0.2, 0.25) is 5.02 Å². The molecule has 1 unspecified atom stereocenters. The van der Waals surface area contributed by atoms with Crippen molar-refractivity contribution >= 4 is 33.4 Å². The van der Waals surface area contributed by atoms with E-state index in [1.54, 1.807) is 0 Å². The quantitative estimate of drug-likeness (QED) is 0.702. The van der Waals surface area contributed by atoms with Crippen molar-refractivity contribution in [2.75, 3.05) is 11.9 Å². The average Bonchev–Trinajstić information content (AvgIpc) is 2.36. The molecular formula is C15H21BrClNO. The van der Waals surface area contributed by atoms with Crippen LogP contribution in [0.4, 0.5) is 0 Å². The van der Waals surface area contributed by atoms with E-state index in [0.717, 1.165) is 36.7 Å². The fourth-order valence-electron chi connectivity index (χ4n) is 2.06. The maximum atomic E-state index is 11.9. The molecule has 0 aromatic heterocycles. The first kappa shape index (κ1) is 16.5. The lowest BCUT2D eigenvalue weighted by atomic mass is 10.0. The van der Waals surface area contributed by atoms with Gasteiger partial charge in [-0.2, -0.15) is 0 Å². The second kappa shape index (κ2) is 9.38. The molecular weight excluding hydrogens is 326 g/mol. The molecule has 0 aliphatic carbocycles. The molecule has 1 aromatic rings. The predicted octanol–water partition coefficient (Wildman–Crippen LogP) is 4.20. The first-order chi connectivity index (χ1) is 9.15. The van der Waals surface area contributed by atoms with Gasteiger partial charge in [0.25, 0.3) is 0 Å². The van der Waals surface area contributed by atoms with Gasteiger partial charge in [0.1, 0.15) is 0 Å². The van der Waals surface area contributed by atoms with Gasteiger partial charge in [-0.1, -0.05) is 53.0 Å². The van der Waals surface area contributed by atoms with Crippen LogP contribution in [-0.4, -0.2) is 17.8 Å². The Balaban J connectivity index is 2.38. The molecule has 0 saturated heterocycles. The largest absolute Gasteiger partial charge is 0.356 e. The second-order valence-corrected chi connectivity index (χ2v) is 5.97. The first-order valence-corrected chi connectivity index (χ1v) is 8.22. The molecule has 2 nitrogen and oxygen atoms in total. The van der Waals surface area contributed by atoms with Gasteiger partial charge in [-0.05, 0) is 36.5 Å². The van der Waals surface area contributed by atoms with Crippen LogP contribution in [0, 0.1) is 5.92 Å². The van der Waals surface area contributed by atoms with Gasteiger partial charge in [-0.15, -0.1) is 0 Å². The third kappa shape index (κ3) is 6.98. The highest BCUT2D eigenvalue weighted by Crippen LogP contribution is 2.13. The highest BCUT2D eigenvalue weighted by atomic mass is 79.9. The third-order valence-electron chi connectivity index (χ3n) is 3.06. The normalized spacial score (nSPS) is 12.2. The third-order valence-corrected chi connectivity index (χ3v) is 3.75. The molecule has 4 heteroatoms. The van der Waals surface area contributed by atoms with Crippen LogP contribution in [0.3, 0.4) is 0 Å². The van der Waals surface area contributed by atoms with Crippen LogP contribution in [0.1, 0.15) is 31.7 Å². The molecule has 1 aromatic carbocycles. The Hall–Kier alpha value is -0.540. The van der Waals surface area contributed by atoms with Crippen molar-refractivity contribution in [2.24, 2.45) is 5.92 Å². The monoisotopic (exact) mass is 345 g/mol. The van der Waals surface area contributed by atoms with Crippen molar-refractivity contribution in [3.63, 3.8) is 0 Å². The number of carbonyl (C=O) groups is 1. The smallest absolute Gasteiger partial charge is 0.224 e. The summed E-state index contributed by atoms with van der Waals surface area (Å²) < 4.78 is 0. The molecule has 0 fully saturated rings. The molecule has 106 valence electrons. The Morgan fingerprint density at radius 2 is 2.21 bits per heavy atom. The maximum Gasteiger partial charge on any atom is 0.224 e. The summed E-state index contributed by atoms with van der Waals surface area (Å²) in [7, 11) is 0. The minimum atomic E-state index is 0.0675. The SMILES string of the molecule is CCCC(CCBr)CNC(=O)Cc1cccc(Cl)c1. The number of rotatable bonds is 8. The molecule has 1 rings (SSSR count). The van der Waals surface area contributed by atoms with Crippen molar-refractivity contribution in [3.8, 4) is 0 Å². The van der Waals surface area contributed by atoms with E-state index in [-0.39, 0.29) is 5.91 Å². The fourth-order valence-corrected chi connectivity index (χ4v) is 2.92. The molecule has 19 heavy (non-hydrogen) atoms. The minimum absolute atomic E-state index is 0.0675. The van der Waals surface area contributed by atoms with Crippen molar-refractivity contribution in [3.05, 3.63) is 34.9 Å². The Morgan fingerprint density at radius 1 is 1.42 bits per heavy atom. The molecule has 0 heterocycles. The lowest BCUT2D eigenvalue weighted by Crippen LogP contribution is -2.30. The van der Waals surface area contributed by atoms with Crippen molar-refractivity contribution in [1.82, 2.24) is 5.32 Å². The number of amides is 1. The lowest BCUT2D eigenvalue weighted by molar-refractivity contribution is -0.120. The number of nitrogens with one attached hydrogen (secondary N) is 1. The number of hydrogen-bond donors (Lipinski definition) is 1. The number of halogens is 2. The zero-order valence-corrected chi connectivity index (χ0v) is 13.6. The Morgan fingerprint density at radius 3 is 2.84 bits per heavy atom. The van der Waals surface area contributed by atoms with E-state index in [2.05, 4.69) is 28.2 Å². The van der Waals surface area contributed by atoms with Gasteiger partial charge in [-0.3, -0.25) is 4.79 Å². The summed E-state index contributed by atoms with van der Waals surface area (Å²) in [6, 6.07) is 7.45. The molecule has 0 saturated carbocycles. The maximum absolute atomic E-state index is 11.9. The summed E-state index contributed by atoms with van der Waals surface area (Å²) in [5.74, 6) is 0.630. The summed E-state index contributed by atoms with van der Waals surface area (Å²) in [6.07, 6.45) is 3.81. The summed E-state index contributed by atoms with van der Waals surface area (Å²) in [6.45, 7) is 2.94. The molecule has 0 aliphatic heterocycles. The highest BCUT2D eigenvalue weighted by molar-refractivity contribution is 9.09. The van der Waals surface area contributed by atoms with E-state index >= 15 is 0 Å². The van der Waals surface area contributed by atoms with E-state index in [4.69, 9.17) is 11.6 Å². The second-order valence-electron chi connectivity index (χ2n) is 4.74. The van der Waals surface area contributed by atoms with E-state index in [1.807, 2.05) is 24.3 Å². The zero-order chi connectivity index (χ0) is 14.1. The van der Waals surface area contributed by atoms with Crippen molar-refractivity contribution in [2.45, 2.75) is 32.6 Å². The van der Waals surface area contributed by atoms with E-state index in [9.17, 15) is 4.79 Å². The number of alkyl halides is 1. The Labute approximate surface area is 129 Å². The summed E-state index contributed by atoms with van der Waals surface area (Å²) >= 11 is 9.36. The van der Waals surface area contributed by atoms with Crippen LogP contribution in [0.5, 0.6) is 0 Å². The molecule has 0 spiro atoms. The van der Waals surface area contributed by atoms with Crippen molar-refractivity contribution in [1.29, 1.82) is 0 Å². The van der Waals surface area contributed by atoms with Gasteiger partial charge in [-0.25, -0.2) is 0 Å².